The first-order chi connectivity index (χ1) is 15.6. The zero-order valence-electron chi connectivity index (χ0n) is 20.6. The van der Waals surface area contributed by atoms with Crippen molar-refractivity contribution in [3.05, 3.63) is 102 Å². The fourth-order valence-electron chi connectivity index (χ4n) is 3.90. The molecule has 4 rings (SSSR count). The van der Waals surface area contributed by atoms with Crippen molar-refractivity contribution in [2.75, 3.05) is 0 Å². The first kappa shape index (κ1) is 23.4. The molecule has 0 aliphatic carbocycles. The number of fused-ring (bicyclic) bond motifs is 1. The van der Waals surface area contributed by atoms with Gasteiger partial charge in [0.15, 0.2) is 0 Å². The quantitative estimate of drug-likeness (QED) is 0.222. The Hall–Kier alpha value is -2.76. The van der Waals surface area contributed by atoms with Gasteiger partial charge in [0, 0.05) is 16.9 Å². The van der Waals surface area contributed by atoms with Crippen LogP contribution in [0.2, 0.25) is 0 Å². The second kappa shape index (κ2) is 9.24. The van der Waals surface area contributed by atoms with E-state index in [4.69, 9.17) is 4.99 Å². The lowest BCUT2D eigenvalue weighted by molar-refractivity contribution is 0.568. The summed E-state index contributed by atoms with van der Waals surface area (Å²) in [5.41, 5.74) is 5.11. The van der Waals surface area contributed by atoms with Gasteiger partial charge in [-0.15, -0.1) is 0 Å². The molecule has 2 heteroatoms. The van der Waals surface area contributed by atoms with Crippen LogP contribution in [-0.4, -0.2) is 6.21 Å². The second-order valence-electron chi connectivity index (χ2n) is 10.8. The van der Waals surface area contributed by atoms with Crippen LogP contribution in [0.25, 0.3) is 10.8 Å². The fourth-order valence-corrected chi connectivity index (χ4v) is 5.06. The van der Waals surface area contributed by atoms with Crippen LogP contribution < -0.4 is 10.6 Å². The van der Waals surface area contributed by atoms with E-state index >= 15 is 0 Å². The maximum absolute atomic E-state index is 5.13. The Balaban J connectivity index is 1.83. The van der Waals surface area contributed by atoms with Crippen molar-refractivity contribution in [3.63, 3.8) is 0 Å². The fraction of sp³-hybridized carbons (Fsp3) is 0.258. The summed E-state index contributed by atoms with van der Waals surface area (Å²) in [6.45, 7) is 13.7. The van der Waals surface area contributed by atoms with Gasteiger partial charge < -0.3 is 0 Å². The molecule has 0 fully saturated rings. The molecule has 1 atom stereocenters. The van der Waals surface area contributed by atoms with Crippen LogP contribution in [0.4, 0.5) is 5.69 Å². The SMILES string of the molecule is CC(C)(C)c1cc(C=Nc2c(Pc3ccccc3)ccc3ccccc23)cc(C(C)(C)C)c1. The number of rotatable bonds is 4. The van der Waals surface area contributed by atoms with Gasteiger partial charge in [0.05, 0.1) is 5.69 Å². The maximum atomic E-state index is 5.13. The van der Waals surface area contributed by atoms with Gasteiger partial charge in [-0.2, -0.15) is 0 Å². The van der Waals surface area contributed by atoms with E-state index in [0.29, 0.717) is 8.58 Å². The first-order valence-corrected chi connectivity index (χ1v) is 12.7. The lowest BCUT2D eigenvalue weighted by atomic mass is 9.79. The Morgan fingerprint density at radius 1 is 0.667 bits per heavy atom. The van der Waals surface area contributed by atoms with E-state index in [0.717, 1.165) is 11.3 Å². The molecule has 0 bridgehead atoms. The van der Waals surface area contributed by atoms with E-state index in [1.807, 2.05) is 0 Å². The van der Waals surface area contributed by atoms with Gasteiger partial charge in [-0.05, 0) is 50.3 Å². The molecule has 0 saturated carbocycles. The average molecular weight is 452 g/mol. The highest BCUT2D eigenvalue weighted by Crippen LogP contribution is 2.32. The average Bonchev–Trinajstić information content (AvgIpc) is 2.77. The van der Waals surface area contributed by atoms with Crippen LogP contribution in [-0.2, 0) is 10.8 Å². The van der Waals surface area contributed by atoms with E-state index in [2.05, 4.69) is 133 Å². The topological polar surface area (TPSA) is 12.4 Å². The lowest BCUT2D eigenvalue weighted by Crippen LogP contribution is -2.17. The molecule has 168 valence electrons. The van der Waals surface area contributed by atoms with E-state index < -0.39 is 0 Å². The highest BCUT2D eigenvalue weighted by molar-refractivity contribution is 7.56. The van der Waals surface area contributed by atoms with Gasteiger partial charge in [0.2, 0.25) is 0 Å². The molecule has 0 heterocycles. The molecule has 0 saturated heterocycles. The molecular formula is C31H34NP. The Morgan fingerprint density at radius 2 is 1.27 bits per heavy atom. The summed E-state index contributed by atoms with van der Waals surface area (Å²) < 4.78 is 0. The van der Waals surface area contributed by atoms with Crippen LogP contribution >= 0.6 is 8.58 Å². The van der Waals surface area contributed by atoms with E-state index in [9.17, 15) is 0 Å². The molecule has 0 aliphatic heterocycles. The molecule has 0 aliphatic rings. The molecule has 0 spiro atoms. The number of nitrogens with zero attached hydrogens (tertiary/aromatic N) is 1. The summed E-state index contributed by atoms with van der Waals surface area (Å²) in [6, 6.07) is 30.7. The second-order valence-corrected chi connectivity index (χ2v) is 12.1. The Bertz CT molecular complexity index is 1260. The molecule has 1 nitrogen and oxygen atoms in total. The minimum atomic E-state index is 0.0865. The minimum absolute atomic E-state index is 0.0865. The van der Waals surface area contributed by atoms with Crippen LogP contribution in [0.15, 0.2) is 89.9 Å². The lowest BCUT2D eigenvalue weighted by Gasteiger charge is -2.25. The number of aliphatic imine (C=N–C) groups is 1. The first-order valence-electron chi connectivity index (χ1n) is 11.7. The Morgan fingerprint density at radius 3 is 1.91 bits per heavy atom. The Kier molecular flexibility index (Phi) is 6.55. The molecule has 33 heavy (non-hydrogen) atoms. The third-order valence-corrected chi connectivity index (χ3v) is 7.28. The van der Waals surface area contributed by atoms with Gasteiger partial charge in [0.25, 0.3) is 0 Å². The molecule has 1 unspecified atom stereocenters. The van der Waals surface area contributed by atoms with Gasteiger partial charge >= 0.3 is 0 Å². The van der Waals surface area contributed by atoms with E-state index in [1.54, 1.807) is 0 Å². The third kappa shape index (κ3) is 5.60. The summed E-state index contributed by atoms with van der Waals surface area (Å²) in [5.74, 6) is 0. The number of benzene rings is 4. The van der Waals surface area contributed by atoms with Crippen molar-refractivity contribution in [2.45, 2.75) is 52.4 Å². The van der Waals surface area contributed by atoms with Crippen molar-refractivity contribution in [1.29, 1.82) is 0 Å². The normalized spacial score (nSPS) is 12.9. The molecule has 4 aromatic carbocycles. The number of hydrogen-bond donors (Lipinski definition) is 0. The van der Waals surface area contributed by atoms with Crippen LogP contribution in [0.3, 0.4) is 0 Å². The molecule has 0 aromatic heterocycles. The molecule has 0 N–H and O–H groups in total. The van der Waals surface area contributed by atoms with Crippen molar-refractivity contribution in [2.24, 2.45) is 4.99 Å². The monoisotopic (exact) mass is 451 g/mol. The predicted molar refractivity (Wildman–Crippen MR) is 149 cm³/mol. The van der Waals surface area contributed by atoms with Gasteiger partial charge in [-0.25, -0.2) is 0 Å². The molecule has 4 aromatic rings. The third-order valence-electron chi connectivity index (χ3n) is 5.98. The largest absolute Gasteiger partial charge is 0.255 e. The molecule has 0 radical (unpaired) electrons. The van der Waals surface area contributed by atoms with Crippen molar-refractivity contribution in [3.8, 4) is 0 Å². The zero-order chi connectivity index (χ0) is 23.6. The van der Waals surface area contributed by atoms with Gasteiger partial charge in [-0.3, -0.25) is 4.99 Å². The van der Waals surface area contributed by atoms with Crippen molar-refractivity contribution in [1.82, 2.24) is 0 Å². The van der Waals surface area contributed by atoms with E-state index in [-0.39, 0.29) is 10.8 Å². The van der Waals surface area contributed by atoms with Gasteiger partial charge in [-0.1, -0.05) is 123 Å². The van der Waals surface area contributed by atoms with Crippen LogP contribution in [0.5, 0.6) is 0 Å². The summed E-state index contributed by atoms with van der Waals surface area (Å²) in [5, 5.41) is 5.04. The highest BCUT2D eigenvalue weighted by Gasteiger charge is 2.20. The maximum Gasteiger partial charge on any atom is 0.0785 e. The van der Waals surface area contributed by atoms with E-state index in [1.165, 1.54) is 32.5 Å². The zero-order valence-corrected chi connectivity index (χ0v) is 21.6. The standard InChI is InChI=1S/C31H34NP/c1-30(2,3)24-18-22(19-25(20-24)31(4,5)6)21-32-29-27-15-11-10-12-23(27)16-17-28(29)33-26-13-8-7-9-14-26/h7-21,33H,1-6H3. The predicted octanol–water partition coefficient (Wildman–Crippen LogP) is 7.81. The smallest absolute Gasteiger partial charge is 0.0785 e. The summed E-state index contributed by atoms with van der Waals surface area (Å²) in [4.78, 5) is 5.13. The van der Waals surface area contributed by atoms with Crippen LogP contribution in [0.1, 0.15) is 58.2 Å². The summed E-state index contributed by atoms with van der Waals surface area (Å²) in [7, 11) is 0.570. The number of hydrogen-bond acceptors (Lipinski definition) is 1. The minimum Gasteiger partial charge on any atom is -0.255 e. The highest BCUT2D eigenvalue weighted by atomic mass is 31.1. The molecular weight excluding hydrogens is 417 g/mol. The molecule has 0 amide bonds. The van der Waals surface area contributed by atoms with Gasteiger partial charge in [0.1, 0.15) is 0 Å². The van der Waals surface area contributed by atoms with Crippen molar-refractivity contribution < 1.29 is 0 Å². The van der Waals surface area contributed by atoms with Crippen molar-refractivity contribution >= 4 is 41.9 Å². The van der Waals surface area contributed by atoms with Crippen LogP contribution in [0, 0.1) is 0 Å². The Labute approximate surface area is 200 Å². The summed E-state index contributed by atoms with van der Waals surface area (Å²) in [6.07, 6.45) is 2.06. The summed E-state index contributed by atoms with van der Waals surface area (Å²) >= 11 is 0.